The number of hydrogen-bond acceptors (Lipinski definition) is 7. The van der Waals surface area contributed by atoms with E-state index in [2.05, 4.69) is 52.5 Å². The number of anilines is 2. The number of carbonyl (C=O) groups is 1. The van der Waals surface area contributed by atoms with Crippen molar-refractivity contribution >= 4 is 39.8 Å². The molecule has 9 heteroatoms. The molecule has 0 radical (unpaired) electrons. The summed E-state index contributed by atoms with van der Waals surface area (Å²) in [4.78, 5) is 31.6. The van der Waals surface area contributed by atoms with Gasteiger partial charge in [0.2, 0.25) is 5.91 Å². The van der Waals surface area contributed by atoms with E-state index in [-0.39, 0.29) is 11.4 Å². The van der Waals surface area contributed by atoms with E-state index in [1.165, 1.54) is 31.8 Å². The summed E-state index contributed by atoms with van der Waals surface area (Å²) in [5.41, 5.74) is 3.39. The number of carbonyl (C=O) groups excluding carboxylic acids is 1. The summed E-state index contributed by atoms with van der Waals surface area (Å²) in [5, 5.41) is 2.96. The van der Waals surface area contributed by atoms with Crippen molar-refractivity contribution in [2.24, 2.45) is 0 Å². The van der Waals surface area contributed by atoms with Crippen LogP contribution in [0.15, 0.2) is 49.1 Å². The second-order valence-electron chi connectivity index (χ2n) is 12.0. The highest BCUT2D eigenvalue weighted by atomic mass is 35.5. The van der Waals surface area contributed by atoms with Crippen LogP contribution >= 0.6 is 11.6 Å². The molecule has 0 spiro atoms. The van der Waals surface area contributed by atoms with Gasteiger partial charge in [-0.05, 0) is 82.6 Å². The minimum atomic E-state index is -0.0476. The highest BCUT2D eigenvalue weighted by Crippen LogP contribution is 2.40. The van der Waals surface area contributed by atoms with E-state index in [4.69, 9.17) is 26.3 Å². The molecule has 0 aliphatic carbocycles. The Kier molecular flexibility index (Phi) is 8.78. The van der Waals surface area contributed by atoms with Crippen molar-refractivity contribution in [2.45, 2.75) is 58.0 Å². The maximum atomic E-state index is 12.4. The van der Waals surface area contributed by atoms with Gasteiger partial charge in [-0.3, -0.25) is 9.69 Å². The molecule has 4 heterocycles. The largest absolute Gasteiger partial charge is 0.461 e. The van der Waals surface area contributed by atoms with Crippen molar-refractivity contribution in [1.29, 1.82) is 0 Å². The summed E-state index contributed by atoms with van der Waals surface area (Å²) in [7, 11) is 0. The van der Waals surface area contributed by atoms with Gasteiger partial charge in [-0.1, -0.05) is 42.4 Å². The fourth-order valence-electron chi connectivity index (χ4n) is 7.33. The fourth-order valence-corrected chi connectivity index (χ4v) is 7.61. The van der Waals surface area contributed by atoms with Gasteiger partial charge in [-0.15, -0.1) is 0 Å². The van der Waals surface area contributed by atoms with Gasteiger partial charge in [-0.2, -0.15) is 9.97 Å². The number of hydrogen-bond donors (Lipinski definition) is 0. The molecule has 0 atom stereocenters. The first kappa shape index (κ1) is 29.7. The lowest BCUT2D eigenvalue weighted by Gasteiger charge is -2.35. The lowest BCUT2D eigenvalue weighted by molar-refractivity contribution is -0.125. The van der Waals surface area contributed by atoms with Crippen LogP contribution in [0.25, 0.3) is 10.8 Å². The maximum absolute atomic E-state index is 12.4. The first-order chi connectivity index (χ1) is 21.0. The summed E-state index contributed by atoms with van der Waals surface area (Å²) < 4.78 is 6.52. The molecule has 3 aliphatic rings. The van der Waals surface area contributed by atoms with Crippen LogP contribution in [0.1, 0.15) is 50.8 Å². The number of benzene rings is 2. The summed E-state index contributed by atoms with van der Waals surface area (Å²) in [6.45, 7) is 14.9. The van der Waals surface area contributed by atoms with Crippen LogP contribution in [0.3, 0.4) is 0 Å². The molecular formula is C34H43ClN6O2. The highest BCUT2D eigenvalue weighted by molar-refractivity contribution is 6.36. The second-order valence-corrected chi connectivity index (χ2v) is 12.4. The molecule has 8 nitrogen and oxygen atoms in total. The third-order valence-electron chi connectivity index (χ3n) is 9.67. The molecule has 1 aromatic heterocycles. The Morgan fingerprint density at radius 3 is 2.56 bits per heavy atom. The average Bonchev–Trinajstić information content (AvgIpc) is 3.62. The molecule has 0 unspecified atom stereocenters. The summed E-state index contributed by atoms with van der Waals surface area (Å²) in [6.07, 6.45) is 6.99. The predicted molar refractivity (Wildman–Crippen MR) is 174 cm³/mol. The molecule has 2 saturated heterocycles. The van der Waals surface area contributed by atoms with Crippen LogP contribution in [-0.2, 0) is 17.8 Å². The smallest absolute Gasteiger partial charge is 0.318 e. The molecule has 1 amide bonds. The normalized spacial score (nSPS) is 17.5. The van der Waals surface area contributed by atoms with E-state index in [0.29, 0.717) is 38.8 Å². The predicted octanol–water partition coefficient (Wildman–Crippen LogP) is 5.71. The Bertz CT molecular complexity index is 1480. The molecule has 43 heavy (non-hydrogen) atoms. The fraction of sp³-hybridized carbons (Fsp3) is 0.500. The Morgan fingerprint density at radius 2 is 1.84 bits per heavy atom. The van der Waals surface area contributed by atoms with E-state index >= 15 is 0 Å². The molecule has 3 aliphatic heterocycles. The van der Waals surface area contributed by atoms with Crippen molar-refractivity contribution in [1.82, 2.24) is 19.8 Å². The van der Waals surface area contributed by atoms with Gasteiger partial charge in [0, 0.05) is 49.4 Å². The summed E-state index contributed by atoms with van der Waals surface area (Å²) >= 11 is 6.73. The molecule has 3 aromatic rings. The summed E-state index contributed by atoms with van der Waals surface area (Å²) in [5.74, 6) is 0.876. The van der Waals surface area contributed by atoms with Gasteiger partial charge in [0.25, 0.3) is 0 Å². The van der Waals surface area contributed by atoms with Gasteiger partial charge >= 0.3 is 6.01 Å². The van der Waals surface area contributed by atoms with E-state index < -0.39 is 0 Å². The number of amides is 1. The van der Waals surface area contributed by atoms with E-state index in [1.54, 1.807) is 0 Å². The first-order valence-electron chi connectivity index (χ1n) is 15.8. The zero-order valence-electron chi connectivity index (χ0n) is 25.5. The first-order valence-corrected chi connectivity index (χ1v) is 16.2. The zero-order chi connectivity index (χ0) is 30.0. The van der Waals surface area contributed by atoms with Crippen molar-refractivity contribution in [3.05, 3.63) is 65.3 Å². The topological polar surface area (TPSA) is 65.0 Å². The molecular weight excluding hydrogens is 560 g/mol. The van der Waals surface area contributed by atoms with Crippen LogP contribution in [0.2, 0.25) is 5.02 Å². The Labute approximate surface area is 260 Å². The molecule has 0 saturated carbocycles. The van der Waals surface area contributed by atoms with E-state index in [9.17, 15) is 4.79 Å². The highest BCUT2D eigenvalue weighted by Gasteiger charge is 2.45. The van der Waals surface area contributed by atoms with Crippen LogP contribution in [-0.4, -0.2) is 83.6 Å². The monoisotopic (exact) mass is 602 g/mol. The number of aromatic nitrogens is 2. The number of likely N-dealkylation sites (N-methyl/N-ethyl adjacent to an activating group) is 2. The molecule has 2 fully saturated rings. The Morgan fingerprint density at radius 1 is 1.07 bits per heavy atom. The molecule has 0 N–H and O–H groups in total. The number of ether oxygens (including phenoxy) is 1. The number of rotatable bonds is 11. The van der Waals surface area contributed by atoms with Crippen LogP contribution in [0, 0.1) is 0 Å². The number of fused-ring (bicyclic) bond motifs is 3. The van der Waals surface area contributed by atoms with Crippen molar-refractivity contribution in [3.8, 4) is 6.01 Å². The quantitative estimate of drug-likeness (QED) is 0.260. The van der Waals surface area contributed by atoms with Crippen LogP contribution in [0.4, 0.5) is 11.5 Å². The molecule has 2 aromatic carbocycles. The van der Waals surface area contributed by atoms with Gasteiger partial charge in [0.05, 0.1) is 22.8 Å². The standard InChI is InChI=1S/C34H43ClN6O2/c1-4-30(42)38(5-2)21-22-39(6-3)32-26-15-20-40(29-14-8-12-25-11-7-13-27(35)31(25)29)23-28(26)36-33(37-32)43-24-34-16-9-18-41(34)19-10-17-34/h4,7-8,11-14H,1,5-6,9-10,15-24H2,2-3H3. The second kappa shape index (κ2) is 12.7. The maximum Gasteiger partial charge on any atom is 0.318 e. The minimum absolute atomic E-state index is 0.0476. The number of nitrogens with zero attached hydrogens (tertiary/aromatic N) is 6. The molecule has 6 rings (SSSR count). The average molecular weight is 603 g/mol. The van der Waals surface area contributed by atoms with Gasteiger partial charge < -0.3 is 19.4 Å². The lowest BCUT2D eigenvalue weighted by atomic mass is 9.95. The van der Waals surface area contributed by atoms with E-state index in [0.717, 1.165) is 71.2 Å². The Balaban J connectivity index is 1.33. The zero-order valence-corrected chi connectivity index (χ0v) is 26.3. The van der Waals surface area contributed by atoms with Crippen LogP contribution < -0.4 is 14.5 Å². The van der Waals surface area contributed by atoms with Crippen molar-refractivity contribution in [3.63, 3.8) is 0 Å². The Hall–Kier alpha value is -3.36. The van der Waals surface area contributed by atoms with Crippen molar-refractivity contribution in [2.75, 3.05) is 62.2 Å². The number of halogens is 1. The van der Waals surface area contributed by atoms with Gasteiger partial charge in [-0.25, -0.2) is 0 Å². The third kappa shape index (κ3) is 5.79. The third-order valence-corrected chi connectivity index (χ3v) is 9.98. The van der Waals surface area contributed by atoms with Crippen LogP contribution in [0.5, 0.6) is 6.01 Å². The van der Waals surface area contributed by atoms with Gasteiger partial charge in [0.1, 0.15) is 12.4 Å². The molecule has 0 bridgehead atoms. The minimum Gasteiger partial charge on any atom is -0.461 e. The molecule has 228 valence electrons. The SMILES string of the molecule is C=CC(=O)N(CC)CCN(CC)c1nc(OCC23CCCN2CCC3)nc2c1CCN(c1cccc3cccc(Cl)c13)C2. The van der Waals surface area contributed by atoms with E-state index in [1.807, 2.05) is 24.0 Å². The summed E-state index contributed by atoms with van der Waals surface area (Å²) in [6, 6.07) is 12.9. The lowest BCUT2D eigenvalue weighted by Crippen LogP contribution is -2.43. The van der Waals surface area contributed by atoms with Gasteiger partial charge in [0.15, 0.2) is 0 Å². The van der Waals surface area contributed by atoms with Crippen molar-refractivity contribution < 1.29 is 9.53 Å².